The quantitative estimate of drug-likeness (QED) is 0.657. The monoisotopic (exact) mass is 379 g/mol. The zero-order valence-corrected chi connectivity index (χ0v) is 18.1. The Balaban J connectivity index is 1.19. The molecule has 2 aliphatic carbocycles. The van der Waals surface area contributed by atoms with E-state index in [-0.39, 0.29) is 0 Å². The summed E-state index contributed by atoms with van der Waals surface area (Å²) in [4.78, 5) is 7.62. The highest BCUT2D eigenvalue weighted by molar-refractivity contribution is 5.08. The molecule has 0 aromatic carbocycles. The summed E-state index contributed by atoms with van der Waals surface area (Å²) in [5, 5.41) is 0. The molecule has 3 nitrogen and oxygen atoms in total. The van der Waals surface area contributed by atoms with Gasteiger partial charge < -0.3 is 4.90 Å². The number of alkyl halides is 1. The van der Waals surface area contributed by atoms with Gasteiger partial charge in [-0.15, -0.1) is 0 Å². The largest absolute Gasteiger partial charge is 0.303 e. The van der Waals surface area contributed by atoms with Crippen LogP contribution >= 0.6 is 0 Å². The Morgan fingerprint density at radius 2 is 1.41 bits per heavy atom. The van der Waals surface area contributed by atoms with Gasteiger partial charge in [0.25, 0.3) is 0 Å². The van der Waals surface area contributed by atoms with Crippen LogP contribution in [0.5, 0.6) is 0 Å². The number of likely N-dealkylation sites (tertiary alicyclic amines) is 1. The minimum Gasteiger partial charge on any atom is -0.303 e. The molecule has 0 aromatic rings. The maximum atomic E-state index is 15.4. The van der Waals surface area contributed by atoms with Crippen molar-refractivity contribution in [3.63, 3.8) is 0 Å². The van der Waals surface area contributed by atoms with Gasteiger partial charge in [-0.2, -0.15) is 0 Å². The fourth-order valence-electron chi connectivity index (χ4n) is 6.45. The Kier molecular flexibility index (Phi) is 5.64. The number of piperidine rings is 1. The van der Waals surface area contributed by atoms with Crippen LogP contribution in [0.3, 0.4) is 0 Å². The van der Waals surface area contributed by atoms with E-state index in [4.69, 9.17) is 0 Å². The van der Waals surface area contributed by atoms with Gasteiger partial charge in [0, 0.05) is 45.3 Å². The van der Waals surface area contributed by atoms with Crippen molar-refractivity contribution in [1.29, 1.82) is 0 Å². The van der Waals surface area contributed by atoms with Crippen LogP contribution in [0.25, 0.3) is 0 Å². The number of piperazine rings is 1. The molecule has 2 aliphatic heterocycles. The first-order valence-corrected chi connectivity index (χ1v) is 11.7. The summed E-state index contributed by atoms with van der Waals surface area (Å²) >= 11 is 0. The van der Waals surface area contributed by atoms with E-state index in [0.717, 1.165) is 39.0 Å². The predicted molar refractivity (Wildman–Crippen MR) is 111 cm³/mol. The SMILES string of the molecule is CCCC1(CN2CCC3(CC2)CC(F)(CN2CCN(C(C)C)CC2)C3)CC1. The van der Waals surface area contributed by atoms with Crippen molar-refractivity contribution in [2.45, 2.75) is 83.8 Å². The van der Waals surface area contributed by atoms with Crippen LogP contribution in [-0.4, -0.2) is 78.8 Å². The first-order valence-electron chi connectivity index (χ1n) is 11.7. The maximum Gasteiger partial charge on any atom is 0.124 e. The lowest BCUT2D eigenvalue weighted by Gasteiger charge is -2.57. The van der Waals surface area contributed by atoms with Gasteiger partial charge in [-0.1, -0.05) is 13.3 Å². The average molecular weight is 380 g/mol. The van der Waals surface area contributed by atoms with Crippen LogP contribution in [0, 0.1) is 10.8 Å². The van der Waals surface area contributed by atoms with Gasteiger partial charge in [0.05, 0.1) is 0 Å². The molecular formula is C23H42FN3. The third-order valence-corrected chi connectivity index (χ3v) is 8.24. The van der Waals surface area contributed by atoms with Crippen molar-refractivity contribution in [1.82, 2.24) is 14.7 Å². The molecule has 2 heterocycles. The number of hydrogen-bond donors (Lipinski definition) is 0. The smallest absolute Gasteiger partial charge is 0.124 e. The first-order chi connectivity index (χ1) is 12.9. The molecule has 4 aliphatic rings. The second-order valence-corrected chi connectivity index (χ2v) is 10.9. The highest BCUT2D eigenvalue weighted by atomic mass is 19.1. The molecule has 0 bridgehead atoms. The summed E-state index contributed by atoms with van der Waals surface area (Å²) in [5.74, 6) is 0. The summed E-state index contributed by atoms with van der Waals surface area (Å²) in [6, 6.07) is 0.621. The van der Waals surface area contributed by atoms with E-state index in [1.54, 1.807) is 0 Å². The van der Waals surface area contributed by atoms with E-state index in [1.807, 2.05) is 0 Å². The van der Waals surface area contributed by atoms with Crippen LogP contribution in [0.1, 0.15) is 72.1 Å². The van der Waals surface area contributed by atoms with Gasteiger partial charge in [-0.05, 0) is 82.7 Å². The molecule has 4 heteroatoms. The van der Waals surface area contributed by atoms with Crippen LogP contribution in [0.15, 0.2) is 0 Å². The molecular weight excluding hydrogens is 337 g/mol. The van der Waals surface area contributed by atoms with Crippen LogP contribution < -0.4 is 0 Å². The molecule has 0 N–H and O–H groups in total. The van der Waals surface area contributed by atoms with Gasteiger partial charge in [0.2, 0.25) is 0 Å². The summed E-state index contributed by atoms with van der Waals surface area (Å²) in [5.41, 5.74) is 0.107. The lowest BCUT2D eigenvalue weighted by molar-refractivity contribution is -0.117. The lowest BCUT2D eigenvalue weighted by Crippen LogP contribution is -2.60. The van der Waals surface area contributed by atoms with E-state index in [0.29, 0.717) is 23.4 Å². The fraction of sp³-hybridized carbons (Fsp3) is 1.00. The molecule has 0 amide bonds. The van der Waals surface area contributed by atoms with Crippen molar-refractivity contribution in [3.8, 4) is 0 Å². The topological polar surface area (TPSA) is 9.72 Å². The number of hydrogen-bond acceptors (Lipinski definition) is 3. The normalized spacial score (nSPS) is 30.6. The van der Waals surface area contributed by atoms with Crippen LogP contribution in [0.2, 0.25) is 0 Å². The Bertz CT molecular complexity index is 492. The molecule has 2 saturated carbocycles. The first kappa shape index (κ1) is 20.1. The second-order valence-electron chi connectivity index (χ2n) is 10.9. The van der Waals surface area contributed by atoms with E-state index in [1.165, 1.54) is 58.2 Å². The van der Waals surface area contributed by atoms with Gasteiger partial charge in [0.1, 0.15) is 5.67 Å². The standard InChI is InChI=1S/C23H42FN3/c1-4-5-21(6-7-21)18-25-10-8-22(9-11-25)16-23(24,17-22)19-26-12-14-27(15-13-26)20(2)3/h20H,4-19H2,1-3H3. The molecule has 156 valence electrons. The minimum absolute atomic E-state index is 0.340. The van der Waals surface area contributed by atoms with Gasteiger partial charge >= 0.3 is 0 Å². The van der Waals surface area contributed by atoms with Crippen molar-refractivity contribution in [2.75, 3.05) is 52.4 Å². The van der Waals surface area contributed by atoms with E-state index in [9.17, 15) is 0 Å². The third-order valence-electron chi connectivity index (χ3n) is 8.24. The molecule has 4 fully saturated rings. The third kappa shape index (κ3) is 4.53. The summed E-state index contributed by atoms with van der Waals surface area (Å²) in [6.45, 7) is 15.6. The van der Waals surface area contributed by atoms with Crippen molar-refractivity contribution in [3.05, 3.63) is 0 Å². The van der Waals surface area contributed by atoms with Crippen molar-refractivity contribution in [2.24, 2.45) is 10.8 Å². The molecule has 4 rings (SSSR count). The van der Waals surface area contributed by atoms with Gasteiger partial charge in [-0.25, -0.2) is 4.39 Å². The Labute approximate surface area is 166 Å². The fourth-order valence-corrected chi connectivity index (χ4v) is 6.45. The van der Waals surface area contributed by atoms with E-state index < -0.39 is 5.67 Å². The minimum atomic E-state index is -0.901. The second kappa shape index (κ2) is 7.57. The van der Waals surface area contributed by atoms with Crippen LogP contribution in [0.4, 0.5) is 4.39 Å². The molecule has 0 aromatic heterocycles. The summed E-state index contributed by atoms with van der Waals surface area (Å²) in [7, 11) is 0. The Morgan fingerprint density at radius 3 is 1.93 bits per heavy atom. The molecule has 27 heavy (non-hydrogen) atoms. The highest BCUT2D eigenvalue weighted by Gasteiger charge is 2.56. The van der Waals surface area contributed by atoms with E-state index in [2.05, 4.69) is 35.5 Å². The Hall–Kier alpha value is -0.190. The zero-order valence-electron chi connectivity index (χ0n) is 18.1. The number of halogens is 1. The zero-order chi connectivity index (χ0) is 19.1. The molecule has 0 atom stereocenters. The summed E-state index contributed by atoms with van der Waals surface area (Å²) in [6.07, 6.45) is 9.76. The maximum absolute atomic E-state index is 15.4. The highest BCUT2D eigenvalue weighted by Crippen LogP contribution is 2.58. The lowest BCUT2D eigenvalue weighted by atomic mass is 9.55. The van der Waals surface area contributed by atoms with E-state index >= 15 is 4.39 Å². The predicted octanol–water partition coefficient (Wildman–Crippen LogP) is 4.18. The van der Waals surface area contributed by atoms with Crippen molar-refractivity contribution >= 4 is 0 Å². The summed E-state index contributed by atoms with van der Waals surface area (Å²) < 4.78 is 15.4. The number of nitrogens with zero attached hydrogens (tertiary/aromatic N) is 3. The van der Waals surface area contributed by atoms with Gasteiger partial charge in [-0.3, -0.25) is 9.80 Å². The molecule has 0 unspecified atom stereocenters. The molecule has 2 saturated heterocycles. The van der Waals surface area contributed by atoms with Gasteiger partial charge in [0.15, 0.2) is 0 Å². The molecule has 1 spiro atoms. The van der Waals surface area contributed by atoms with Crippen molar-refractivity contribution < 1.29 is 4.39 Å². The van der Waals surface area contributed by atoms with Crippen LogP contribution in [-0.2, 0) is 0 Å². The number of rotatable bonds is 7. The molecule has 0 radical (unpaired) electrons. The average Bonchev–Trinajstić information content (AvgIpc) is 3.36. The Morgan fingerprint density at radius 1 is 0.815 bits per heavy atom.